The molecule has 1 heterocycles. The average molecular weight is 377 g/mol. The van der Waals surface area contributed by atoms with Crippen LogP contribution < -0.4 is 16.0 Å². The van der Waals surface area contributed by atoms with E-state index >= 15 is 0 Å². The van der Waals surface area contributed by atoms with Gasteiger partial charge in [-0.1, -0.05) is 18.2 Å². The van der Waals surface area contributed by atoms with Gasteiger partial charge in [-0.15, -0.1) is 0 Å². The van der Waals surface area contributed by atoms with Gasteiger partial charge in [0.25, 0.3) is 0 Å². The first-order chi connectivity index (χ1) is 13.0. The van der Waals surface area contributed by atoms with Crippen molar-refractivity contribution in [2.24, 2.45) is 5.92 Å². The third kappa shape index (κ3) is 6.04. The highest BCUT2D eigenvalue weighted by Crippen LogP contribution is 2.27. The molecule has 1 fully saturated rings. The number of carbonyl (C=O) groups is 2. The van der Waals surface area contributed by atoms with Crippen LogP contribution >= 0.6 is 0 Å². The number of carbonyl (C=O) groups excluding carboxylic acids is 2. The number of aliphatic hydroxyl groups is 1. The van der Waals surface area contributed by atoms with Crippen LogP contribution in [-0.2, 0) is 9.53 Å². The molecular weight excluding hydrogens is 353 g/mol. The molecule has 3 rings (SSSR count). The molecule has 2 aliphatic rings. The summed E-state index contributed by atoms with van der Waals surface area (Å²) in [6.07, 6.45) is 4.78. The minimum Gasteiger partial charge on any atom is -0.394 e. The Bertz CT molecular complexity index is 708. The van der Waals surface area contributed by atoms with Crippen molar-refractivity contribution in [3.63, 3.8) is 0 Å². The summed E-state index contributed by atoms with van der Waals surface area (Å²) in [6, 6.07) is 4.43. The third-order valence-corrected chi connectivity index (χ3v) is 4.51. The molecule has 146 valence electrons. The quantitative estimate of drug-likeness (QED) is 0.542. The van der Waals surface area contributed by atoms with Crippen molar-refractivity contribution in [3.8, 4) is 0 Å². The van der Waals surface area contributed by atoms with E-state index in [2.05, 4.69) is 16.0 Å². The Hall–Kier alpha value is -2.45. The summed E-state index contributed by atoms with van der Waals surface area (Å²) in [7, 11) is 0. The zero-order valence-corrected chi connectivity index (χ0v) is 14.9. The molecule has 0 bridgehead atoms. The molecule has 1 aliphatic heterocycles. The second-order valence-electron chi connectivity index (χ2n) is 6.87. The molecule has 3 amide bonds. The molecule has 3 atom stereocenters. The molecule has 0 aromatic heterocycles. The Morgan fingerprint density at radius 2 is 2.07 bits per heavy atom. The number of hydrogen-bond donors (Lipinski definition) is 4. The van der Waals surface area contributed by atoms with Gasteiger partial charge in [-0.25, -0.2) is 9.18 Å². The first-order valence-corrected chi connectivity index (χ1v) is 9.08. The first-order valence-electron chi connectivity index (χ1n) is 9.08. The summed E-state index contributed by atoms with van der Waals surface area (Å²) in [5, 5.41) is 17.6. The number of benzene rings is 1. The van der Waals surface area contributed by atoms with Crippen molar-refractivity contribution in [2.75, 3.05) is 18.5 Å². The first kappa shape index (κ1) is 19.3. The summed E-state index contributed by atoms with van der Waals surface area (Å²) in [6.45, 7) is 0.387. The number of nitrogens with one attached hydrogen (secondary N) is 3. The number of anilines is 1. The van der Waals surface area contributed by atoms with Crippen LogP contribution in [0.15, 0.2) is 36.4 Å². The van der Waals surface area contributed by atoms with E-state index in [0.29, 0.717) is 18.2 Å². The fourth-order valence-electron chi connectivity index (χ4n) is 2.86. The van der Waals surface area contributed by atoms with E-state index < -0.39 is 30.1 Å². The minimum atomic E-state index is -0.672. The molecule has 1 aliphatic carbocycles. The maximum atomic E-state index is 13.2. The van der Waals surface area contributed by atoms with Gasteiger partial charge >= 0.3 is 6.03 Å². The normalized spacial score (nSPS) is 24.3. The zero-order valence-electron chi connectivity index (χ0n) is 14.9. The summed E-state index contributed by atoms with van der Waals surface area (Å²) in [5.41, 5.74) is 0.318. The van der Waals surface area contributed by atoms with Crippen LogP contribution in [0, 0.1) is 11.7 Å². The van der Waals surface area contributed by atoms with Gasteiger partial charge < -0.3 is 25.8 Å². The molecule has 0 spiro atoms. The van der Waals surface area contributed by atoms with Crippen molar-refractivity contribution in [2.45, 2.75) is 37.5 Å². The van der Waals surface area contributed by atoms with Gasteiger partial charge in [0.1, 0.15) is 11.9 Å². The topological polar surface area (TPSA) is 99.7 Å². The van der Waals surface area contributed by atoms with E-state index in [1.807, 2.05) is 0 Å². The molecule has 1 aromatic carbocycles. The van der Waals surface area contributed by atoms with Crippen LogP contribution in [0.3, 0.4) is 0 Å². The average Bonchev–Trinajstić information content (AvgIpc) is 3.45. The van der Waals surface area contributed by atoms with Crippen molar-refractivity contribution >= 4 is 17.6 Å². The van der Waals surface area contributed by atoms with Crippen LogP contribution in [0.2, 0.25) is 0 Å². The van der Waals surface area contributed by atoms with Gasteiger partial charge in [-0.05, 0) is 37.0 Å². The van der Waals surface area contributed by atoms with E-state index in [1.165, 1.54) is 18.2 Å². The number of amides is 3. The Labute approximate surface area is 157 Å². The molecule has 4 N–H and O–H groups in total. The predicted molar refractivity (Wildman–Crippen MR) is 97.6 cm³/mol. The molecular formula is C19H24FN3O4. The highest BCUT2D eigenvalue weighted by Gasteiger charge is 2.29. The van der Waals surface area contributed by atoms with E-state index in [-0.39, 0.29) is 18.9 Å². The zero-order chi connectivity index (χ0) is 19.2. The molecule has 0 saturated heterocycles. The molecule has 8 heteroatoms. The Balaban J connectivity index is 1.49. The SMILES string of the molecule is O=C(C[C@@H]1C=C[C@@H](NC(=O)Nc2cccc(F)c2)[C@@H](CO)O1)NCC1CC1. The second-order valence-corrected chi connectivity index (χ2v) is 6.87. The monoisotopic (exact) mass is 377 g/mol. The summed E-state index contributed by atoms with van der Waals surface area (Å²) < 4.78 is 18.9. The maximum Gasteiger partial charge on any atom is 0.319 e. The molecule has 1 aromatic rings. The highest BCUT2D eigenvalue weighted by atomic mass is 19.1. The molecule has 7 nitrogen and oxygen atoms in total. The number of urea groups is 1. The number of halogens is 1. The summed E-state index contributed by atoms with van der Waals surface area (Å²) in [4.78, 5) is 24.0. The lowest BCUT2D eigenvalue weighted by Gasteiger charge is -2.31. The fourth-order valence-corrected chi connectivity index (χ4v) is 2.86. The van der Waals surface area contributed by atoms with E-state index in [1.54, 1.807) is 18.2 Å². The van der Waals surface area contributed by atoms with Gasteiger partial charge in [0.15, 0.2) is 0 Å². The Kier molecular flexibility index (Phi) is 6.41. The van der Waals surface area contributed by atoms with Crippen LogP contribution in [0.5, 0.6) is 0 Å². The Morgan fingerprint density at radius 1 is 1.26 bits per heavy atom. The maximum absolute atomic E-state index is 13.2. The van der Waals surface area contributed by atoms with Crippen LogP contribution in [0.1, 0.15) is 19.3 Å². The summed E-state index contributed by atoms with van der Waals surface area (Å²) >= 11 is 0. The van der Waals surface area contributed by atoms with E-state index in [0.717, 1.165) is 12.8 Å². The van der Waals surface area contributed by atoms with Crippen LogP contribution in [-0.4, -0.2) is 48.4 Å². The van der Waals surface area contributed by atoms with Crippen molar-refractivity contribution in [1.29, 1.82) is 0 Å². The van der Waals surface area contributed by atoms with Crippen LogP contribution in [0.25, 0.3) is 0 Å². The highest BCUT2D eigenvalue weighted by molar-refractivity contribution is 5.89. The number of ether oxygens (including phenoxy) is 1. The third-order valence-electron chi connectivity index (χ3n) is 4.51. The van der Waals surface area contributed by atoms with Gasteiger partial charge in [-0.2, -0.15) is 0 Å². The molecule has 0 radical (unpaired) electrons. The lowest BCUT2D eigenvalue weighted by Crippen LogP contribution is -2.50. The van der Waals surface area contributed by atoms with Gasteiger partial charge in [0.2, 0.25) is 5.91 Å². The predicted octanol–water partition coefficient (Wildman–Crippen LogP) is 1.55. The van der Waals surface area contributed by atoms with Gasteiger partial charge in [-0.3, -0.25) is 4.79 Å². The minimum absolute atomic E-state index is 0.0940. The molecule has 27 heavy (non-hydrogen) atoms. The standard InChI is InChI=1S/C19H24FN3O4/c20-13-2-1-3-14(8-13)22-19(26)23-16-7-6-15(27-17(16)11-24)9-18(25)21-10-12-4-5-12/h1-3,6-8,12,15-17,24H,4-5,9-11H2,(H,21,25)(H2,22,23,26)/t15-,16+,17+/m0/s1. The van der Waals surface area contributed by atoms with Crippen LogP contribution in [0.4, 0.5) is 14.9 Å². The van der Waals surface area contributed by atoms with E-state index in [4.69, 9.17) is 4.74 Å². The lowest BCUT2D eigenvalue weighted by molar-refractivity contribution is -0.125. The largest absolute Gasteiger partial charge is 0.394 e. The fraction of sp³-hybridized carbons (Fsp3) is 0.474. The van der Waals surface area contributed by atoms with Gasteiger partial charge in [0.05, 0.1) is 25.2 Å². The lowest BCUT2D eigenvalue weighted by atomic mass is 10.0. The summed E-state index contributed by atoms with van der Waals surface area (Å²) in [5.74, 6) is 0.0559. The second kappa shape index (κ2) is 8.96. The number of hydrogen-bond acceptors (Lipinski definition) is 4. The molecule has 0 unspecified atom stereocenters. The Morgan fingerprint density at radius 3 is 2.78 bits per heavy atom. The van der Waals surface area contributed by atoms with Crippen molar-refractivity contribution in [3.05, 3.63) is 42.2 Å². The smallest absolute Gasteiger partial charge is 0.319 e. The van der Waals surface area contributed by atoms with Gasteiger partial charge in [0, 0.05) is 12.2 Å². The van der Waals surface area contributed by atoms with Crippen molar-refractivity contribution in [1.82, 2.24) is 10.6 Å². The molecule has 1 saturated carbocycles. The number of aliphatic hydroxyl groups excluding tert-OH is 1. The van der Waals surface area contributed by atoms with E-state index in [9.17, 15) is 19.1 Å². The number of rotatable bonds is 7. The van der Waals surface area contributed by atoms with Crippen molar-refractivity contribution < 1.29 is 23.8 Å².